The van der Waals surface area contributed by atoms with E-state index in [1.807, 2.05) is 24.3 Å². The molecule has 3 atom stereocenters. The molecule has 0 spiro atoms. The minimum atomic E-state index is -0.435. The molecule has 3 nitrogen and oxygen atoms in total. The fourth-order valence-electron chi connectivity index (χ4n) is 2.32. The van der Waals surface area contributed by atoms with Crippen molar-refractivity contribution in [2.24, 2.45) is 5.92 Å². The highest BCUT2D eigenvalue weighted by Gasteiger charge is 2.29. The summed E-state index contributed by atoms with van der Waals surface area (Å²) in [5.41, 5.74) is 0.946. The second kappa shape index (κ2) is 6.21. The molecular weight excluding hydrogens is 228 g/mol. The van der Waals surface area contributed by atoms with Gasteiger partial charge in [0.05, 0.1) is 25.4 Å². The highest BCUT2D eigenvalue weighted by atomic mass is 16.5. The molecule has 1 aromatic carbocycles. The molecule has 1 aromatic rings. The van der Waals surface area contributed by atoms with E-state index in [4.69, 9.17) is 9.47 Å². The first kappa shape index (κ1) is 13.4. The minimum absolute atomic E-state index is 0.211. The van der Waals surface area contributed by atoms with E-state index in [2.05, 4.69) is 13.8 Å². The Labute approximate surface area is 109 Å². The van der Waals surface area contributed by atoms with Crippen LogP contribution in [0.5, 0.6) is 5.75 Å². The van der Waals surface area contributed by atoms with Crippen LogP contribution >= 0.6 is 0 Å². The van der Waals surface area contributed by atoms with Gasteiger partial charge in [-0.25, -0.2) is 0 Å². The molecule has 1 aliphatic rings. The first-order chi connectivity index (χ1) is 8.70. The van der Waals surface area contributed by atoms with E-state index in [9.17, 15) is 5.11 Å². The highest BCUT2D eigenvalue weighted by molar-refractivity contribution is 5.29. The summed E-state index contributed by atoms with van der Waals surface area (Å²) in [6.07, 6.45) is 1.75. The number of aliphatic hydroxyl groups is 1. The van der Waals surface area contributed by atoms with Gasteiger partial charge in [-0.15, -0.1) is 0 Å². The summed E-state index contributed by atoms with van der Waals surface area (Å²) in [4.78, 5) is 0. The van der Waals surface area contributed by atoms with Crippen molar-refractivity contribution in [1.29, 1.82) is 0 Å². The van der Waals surface area contributed by atoms with E-state index in [1.165, 1.54) is 0 Å². The quantitative estimate of drug-likeness (QED) is 0.873. The third kappa shape index (κ3) is 3.24. The van der Waals surface area contributed by atoms with E-state index >= 15 is 0 Å². The van der Waals surface area contributed by atoms with Crippen molar-refractivity contribution in [3.8, 4) is 5.75 Å². The van der Waals surface area contributed by atoms with Gasteiger partial charge in [0.15, 0.2) is 0 Å². The average molecular weight is 250 g/mol. The van der Waals surface area contributed by atoms with Crippen LogP contribution in [-0.4, -0.2) is 24.4 Å². The van der Waals surface area contributed by atoms with Crippen LogP contribution in [0.3, 0.4) is 0 Å². The molecule has 1 saturated heterocycles. The predicted molar refractivity (Wildman–Crippen MR) is 70.7 cm³/mol. The first-order valence-electron chi connectivity index (χ1n) is 6.73. The molecule has 1 aliphatic heterocycles. The Hall–Kier alpha value is -1.06. The van der Waals surface area contributed by atoms with E-state index in [1.54, 1.807) is 0 Å². The number of hydrogen-bond acceptors (Lipinski definition) is 3. The van der Waals surface area contributed by atoms with Crippen LogP contribution in [0.4, 0.5) is 0 Å². The Bertz CT molecular complexity index is 361. The number of hydrogen-bond donors (Lipinski definition) is 1. The van der Waals surface area contributed by atoms with Crippen molar-refractivity contribution in [3.63, 3.8) is 0 Å². The SMILES string of the molecule is CCCOc1ccc(C(O)C2COC(C)C2)cc1. The van der Waals surface area contributed by atoms with Crippen LogP contribution in [0, 0.1) is 5.92 Å². The maximum atomic E-state index is 10.3. The summed E-state index contributed by atoms with van der Waals surface area (Å²) >= 11 is 0. The minimum Gasteiger partial charge on any atom is -0.494 e. The number of ether oxygens (including phenoxy) is 2. The zero-order valence-electron chi connectivity index (χ0n) is 11.1. The van der Waals surface area contributed by atoms with Gasteiger partial charge in [0.2, 0.25) is 0 Å². The Balaban J connectivity index is 1.96. The lowest BCUT2D eigenvalue weighted by molar-refractivity contribution is 0.0804. The molecule has 0 saturated carbocycles. The van der Waals surface area contributed by atoms with Gasteiger partial charge in [-0.2, -0.15) is 0 Å². The van der Waals surface area contributed by atoms with E-state index in [0.717, 1.165) is 30.8 Å². The van der Waals surface area contributed by atoms with Crippen LogP contribution < -0.4 is 4.74 Å². The Kier molecular flexibility index (Phi) is 4.61. The summed E-state index contributed by atoms with van der Waals surface area (Å²) in [6, 6.07) is 7.73. The van der Waals surface area contributed by atoms with Crippen LogP contribution in [0.1, 0.15) is 38.4 Å². The van der Waals surface area contributed by atoms with E-state index in [-0.39, 0.29) is 12.0 Å². The topological polar surface area (TPSA) is 38.7 Å². The molecule has 0 radical (unpaired) electrons. The van der Waals surface area contributed by atoms with Crippen molar-refractivity contribution < 1.29 is 14.6 Å². The Morgan fingerprint density at radius 2 is 2.11 bits per heavy atom. The number of rotatable bonds is 5. The lowest BCUT2D eigenvalue weighted by Crippen LogP contribution is -2.12. The predicted octanol–water partition coefficient (Wildman–Crippen LogP) is 2.93. The average Bonchev–Trinajstić information content (AvgIpc) is 2.83. The lowest BCUT2D eigenvalue weighted by Gasteiger charge is -2.17. The summed E-state index contributed by atoms with van der Waals surface area (Å²) in [5.74, 6) is 1.08. The molecule has 0 aliphatic carbocycles. The van der Waals surface area contributed by atoms with Gasteiger partial charge < -0.3 is 14.6 Å². The van der Waals surface area contributed by atoms with Crippen LogP contribution in [-0.2, 0) is 4.74 Å². The molecule has 3 heteroatoms. The van der Waals surface area contributed by atoms with Gasteiger partial charge in [-0.3, -0.25) is 0 Å². The number of benzene rings is 1. The lowest BCUT2D eigenvalue weighted by atomic mass is 9.94. The monoisotopic (exact) mass is 250 g/mol. The van der Waals surface area contributed by atoms with Crippen molar-refractivity contribution in [2.75, 3.05) is 13.2 Å². The summed E-state index contributed by atoms with van der Waals surface area (Å²) in [5, 5.41) is 10.3. The fourth-order valence-corrected chi connectivity index (χ4v) is 2.32. The largest absolute Gasteiger partial charge is 0.494 e. The second-order valence-corrected chi connectivity index (χ2v) is 5.00. The smallest absolute Gasteiger partial charge is 0.119 e. The summed E-state index contributed by atoms with van der Waals surface area (Å²) in [7, 11) is 0. The highest BCUT2D eigenvalue weighted by Crippen LogP contribution is 2.32. The van der Waals surface area contributed by atoms with Crippen LogP contribution in [0.2, 0.25) is 0 Å². The van der Waals surface area contributed by atoms with Crippen LogP contribution in [0.25, 0.3) is 0 Å². The summed E-state index contributed by atoms with van der Waals surface area (Å²) in [6.45, 7) is 5.51. The molecule has 1 heterocycles. The molecule has 1 N–H and O–H groups in total. The molecule has 0 aromatic heterocycles. The van der Waals surface area contributed by atoms with Crippen molar-refractivity contribution in [3.05, 3.63) is 29.8 Å². The van der Waals surface area contributed by atoms with Gasteiger partial charge in [-0.1, -0.05) is 19.1 Å². The van der Waals surface area contributed by atoms with Crippen molar-refractivity contribution in [2.45, 2.75) is 38.9 Å². The standard InChI is InChI=1S/C15H22O3/c1-3-8-17-14-6-4-12(5-7-14)15(16)13-9-11(2)18-10-13/h4-7,11,13,15-16H,3,8-10H2,1-2H3. The van der Waals surface area contributed by atoms with E-state index < -0.39 is 6.10 Å². The normalized spacial score (nSPS) is 25.1. The molecule has 3 unspecified atom stereocenters. The van der Waals surface area contributed by atoms with Gasteiger partial charge in [0.25, 0.3) is 0 Å². The Morgan fingerprint density at radius 3 is 2.67 bits per heavy atom. The molecule has 18 heavy (non-hydrogen) atoms. The zero-order valence-corrected chi connectivity index (χ0v) is 11.1. The molecule has 0 bridgehead atoms. The molecular formula is C15H22O3. The maximum absolute atomic E-state index is 10.3. The van der Waals surface area contributed by atoms with Gasteiger partial charge in [0.1, 0.15) is 5.75 Å². The molecule has 2 rings (SSSR count). The maximum Gasteiger partial charge on any atom is 0.119 e. The van der Waals surface area contributed by atoms with Crippen molar-refractivity contribution in [1.82, 2.24) is 0 Å². The van der Waals surface area contributed by atoms with E-state index in [0.29, 0.717) is 6.61 Å². The molecule has 0 amide bonds. The third-order valence-corrected chi connectivity index (χ3v) is 3.37. The zero-order chi connectivity index (χ0) is 13.0. The molecule has 100 valence electrons. The van der Waals surface area contributed by atoms with Crippen molar-refractivity contribution >= 4 is 0 Å². The van der Waals surface area contributed by atoms with Gasteiger partial charge in [0, 0.05) is 5.92 Å². The fraction of sp³-hybridized carbons (Fsp3) is 0.600. The first-order valence-corrected chi connectivity index (χ1v) is 6.73. The van der Waals surface area contributed by atoms with Gasteiger partial charge >= 0.3 is 0 Å². The van der Waals surface area contributed by atoms with Crippen LogP contribution in [0.15, 0.2) is 24.3 Å². The summed E-state index contributed by atoms with van der Waals surface area (Å²) < 4.78 is 11.0. The number of aliphatic hydroxyl groups excluding tert-OH is 1. The van der Waals surface area contributed by atoms with Gasteiger partial charge in [-0.05, 0) is 37.5 Å². The third-order valence-electron chi connectivity index (χ3n) is 3.37. The second-order valence-electron chi connectivity index (χ2n) is 5.00. The Morgan fingerprint density at radius 1 is 1.39 bits per heavy atom. The molecule has 1 fully saturated rings.